The van der Waals surface area contributed by atoms with Crippen molar-refractivity contribution >= 4 is 5.78 Å². The smallest absolute Gasteiger partial charge is 0.193 e. The molecule has 0 N–H and O–H groups in total. The van der Waals surface area contributed by atoms with E-state index >= 15 is 0 Å². The molecule has 0 bridgehead atoms. The Morgan fingerprint density at radius 3 is 2.38 bits per heavy atom. The van der Waals surface area contributed by atoms with Crippen LogP contribution in [0, 0.1) is 5.92 Å². The summed E-state index contributed by atoms with van der Waals surface area (Å²) >= 11 is 0. The fourth-order valence-corrected chi connectivity index (χ4v) is 2.74. The van der Waals surface area contributed by atoms with Crippen LogP contribution in [0.5, 0.6) is 0 Å². The summed E-state index contributed by atoms with van der Waals surface area (Å²) in [6.07, 6.45) is 1.05. The molecule has 0 amide bonds. The molecule has 0 aliphatic carbocycles. The minimum atomic E-state index is 0.0841. The van der Waals surface area contributed by atoms with Gasteiger partial charge in [0.05, 0.1) is 13.2 Å². The molecule has 21 heavy (non-hydrogen) atoms. The van der Waals surface area contributed by atoms with Gasteiger partial charge < -0.3 is 4.74 Å². The quantitative estimate of drug-likeness (QED) is 0.787. The molecule has 108 valence electrons. The predicted molar refractivity (Wildman–Crippen MR) is 83.4 cm³/mol. The minimum Gasteiger partial charge on any atom is -0.372 e. The Balaban J connectivity index is 1.81. The van der Waals surface area contributed by atoms with Gasteiger partial charge in [0.25, 0.3) is 0 Å². The Hall–Kier alpha value is -1.93. The number of rotatable bonds is 4. The summed E-state index contributed by atoms with van der Waals surface area (Å²) < 4.78 is 5.40. The topological polar surface area (TPSA) is 26.3 Å². The third-order valence-electron chi connectivity index (χ3n) is 3.84. The molecule has 0 atom stereocenters. The van der Waals surface area contributed by atoms with Crippen LogP contribution < -0.4 is 0 Å². The van der Waals surface area contributed by atoms with E-state index in [-0.39, 0.29) is 5.78 Å². The third kappa shape index (κ3) is 3.06. The molecule has 0 unspecified atom stereocenters. The van der Waals surface area contributed by atoms with E-state index in [0.29, 0.717) is 19.1 Å². The Morgan fingerprint density at radius 1 is 1.00 bits per heavy atom. The second kappa shape index (κ2) is 5.82. The van der Waals surface area contributed by atoms with Crippen LogP contribution in [0.4, 0.5) is 0 Å². The number of carbonyl (C=O) groups is 1. The third-order valence-corrected chi connectivity index (χ3v) is 3.84. The first-order valence-electron chi connectivity index (χ1n) is 7.46. The van der Waals surface area contributed by atoms with Gasteiger partial charge >= 0.3 is 0 Å². The molecule has 0 spiro atoms. The maximum atomic E-state index is 12.5. The van der Waals surface area contributed by atoms with E-state index < -0.39 is 0 Å². The highest BCUT2D eigenvalue weighted by Gasteiger charge is 2.15. The van der Waals surface area contributed by atoms with E-state index in [1.54, 1.807) is 0 Å². The van der Waals surface area contributed by atoms with Crippen molar-refractivity contribution in [1.82, 2.24) is 0 Å². The molecular formula is C19H20O2. The van der Waals surface area contributed by atoms with Gasteiger partial charge in [0.15, 0.2) is 5.78 Å². The summed E-state index contributed by atoms with van der Waals surface area (Å²) in [4.78, 5) is 12.5. The van der Waals surface area contributed by atoms with Crippen LogP contribution in [0.2, 0.25) is 0 Å². The first-order chi connectivity index (χ1) is 10.1. The summed E-state index contributed by atoms with van der Waals surface area (Å²) in [5.41, 5.74) is 5.11. The molecule has 3 rings (SSSR count). The molecule has 0 saturated carbocycles. The van der Waals surface area contributed by atoms with E-state index in [2.05, 4.69) is 26.0 Å². The predicted octanol–water partition coefficient (Wildman–Crippen LogP) is 4.15. The SMILES string of the molecule is CC(C)Cc1ccc(C(=O)c2ccc3c(c2)COC3)cc1. The normalized spacial score (nSPS) is 13.5. The maximum absolute atomic E-state index is 12.5. The van der Waals surface area contributed by atoms with Crippen molar-refractivity contribution in [2.24, 2.45) is 5.92 Å². The number of ether oxygens (including phenoxy) is 1. The van der Waals surface area contributed by atoms with Crippen LogP contribution in [0.15, 0.2) is 42.5 Å². The molecule has 2 heteroatoms. The van der Waals surface area contributed by atoms with Crippen LogP contribution in [-0.4, -0.2) is 5.78 Å². The van der Waals surface area contributed by atoms with Crippen molar-refractivity contribution in [2.75, 3.05) is 0 Å². The maximum Gasteiger partial charge on any atom is 0.193 e. The molecule has 0 radical (unpaired) electrons. The largest absolute Gasteiger partial charge is 0.372 e. The molecule has 2 aromatic carbocycles. The Labute approximate surface area is 125 Å². The summed E-state index contributed by atoms with van der Waals surface area (Å²) in [7, 11) is 0. The van der Waals surface area contributed by atoms with Crippen molar-refractivity contribution in [3.8, 4) is 0 Å². The average molecular weight is 280 g/mol. The standard InChI is InChI=1S/C19H20O2/c1-13(2)9-14-3-5-15(6-4-14)19(20)16-7-8-17-11-21-12-18(17)10-16/h3-8,10,13H,9,11-12H2,1-2H3. The monoisotopic (exact) mass is 280 g/mol. The van der Waals surface area contributed by atoms with Crippen LogP contribution in [0.25, 0.3) is 0 Å². The number of ketones is 1. The lowest BCUT2D eigenvalue weighted by Crippen LogP contribution is -2.03. The number of carbonyl (C=O) groups excluding carboxylic acids is 1. The van der Waals surface area contributed by atoms with Gasteiger partial charge in [-0.3, -0.25) is 4.79 Å². The molecule has 1 aliphatic heterocycles. The first-order valence-corrected chi connectivity index (χ1v) is 7.46. The van der Waals surface area contributed by atoms with E-state index in [9.17, 15) is 4.79 Å². The minimum absolute atomic E-state index is 0.0841. The highest BCUT2D eigenvalue weighted by Crippen LogP contribution is 2.22. The van der Waals surface area contributed by atoms with Crippen molar-refractivity contribution in [1.29, 1.82) is 0 Å². The second-order valence-corrected chi connectivity index (χ2v) is 6.10. The number of hydrogen-bond acceptors (Lipinski definition) is 2. The van der Waals surface area contributed by atoms with Gasteiger partial charge in [-0.05, 0) is 35.1 Å². The average Bonchev–Trinajstić information content (AvgIpc) is 2.94. The van der Waals surface area contributed by atoms with Crippen LogP contribution >= 0.6 is 0 Å². The Kier molecular flexibility index (Phi) is 3.89. The van der Waals surface area contributed by atoms with Crippen LogP contribution in [0.1, 0.15) is 46.5 Å². The number of fused-ring (bicyclic) bond motifs is 1. The Morgan fingerprint density at radius 2 is 1.67 bits per heavy atom. The van der Waals surface area contributed by atoms with Crippen molar-refractivity contribution in [3.05, 3.63) is 70.3 Å². The van der Waals surface area contributed by atoms with Gasteiger partial charge in [-0.15, -0.1) is 0 Å². The molecule has 2 nitrogen and oxygen atoms in total. The lowest BCUT2D eigenvalue weighted by atomic mass is 9.97. The Bertz CT molecular complexity index is 654. The zero-order valence-corrected chi connectivity index (χ0v) is 12.6. The summed E-state index contributed by atoms with van der Waals surface area (Å²) in [5, 5.41) is 0. The number of hydrogen-bond donors (Lipinski definition) is 0. The summed E-state index contributed by atoms with van der Waals surface area (Å²) in [5.74, 6) is 0.712. The zero-order valence-electron chi connectivity index (χ0n) is 12.6. The molecule has 0 saturated heterocycles. The van der Waals surface area contributed by atoms with Crippen LogP contribution in [-0.2, 0) is 24.4 Å². The van der Waals surface area contributed by atoms with E-state index in [1.165, 1.54) is 11.1 Å². The van der Waals surface area contributed by atoms with Gasteiger partial charge in [-0.2, -0.15) is 0 Å². The molecule has 1 heterocycles. The van der Waals surface area contributed by atoms with Gasteiger partial charge in [0, 0.05) is 11.1 Å². The van der Waals surface area contributed by atoms with E-state index in [0.717, 1.165) is 23.1 Å². The highest BCUT2D eigenvalue weighted by atomic mass is 16.5. The van der Waals surface area contributed by atoms with Gasteiger partial charge in [0.2, 0.25) is 0 Å². The molecule has 0 fully saturated rings. The molecule has 2 aromatic rings. The van der Waals surface area contributed by atoms with E-state index in [1.807, 2.05) is 30.3 Å². The molecule has 1 aliphatic rings. The fraction of sp³-hybridized carbons (Fsp3) is 0.316. The van der Waals surface area contributed by atoms with Crippen molar-refractivity contribution in [3.63, 3.8) is 0 Å². The lowest BCUT2D eigenvalue weighted by Gasteiger charge is -2.07. The lowest BCUT2D eigenvalue weighted by molar-refractivity contribution is 0.103. The van der Waals surface area contributed by atoms with Gasteiger partial charge in [-0.1, -0.05) is 50.2 Å². The fourth-order valence-electron chi connectivity index (χ4n) is 2.74. The van der Waals surface area contributed by atoms with E-state index in [4.69, 9.17) is 4.74 Å². The summed E-state index contributed by atoms with van der Waals surface area (Å²) in [6, 6.07) is 13.9. The first kappa shape index (κ1) is 14.0. The molecule has 0 aromatic heterocycles. The number of benzene rings is 2. The van der Waals surface area contributed by atoms with Crippen LogP contribution in [0.3, 0.4) is 0 Å². The van der Waals surface area contributed by atoms with Crippen molar-refractivity contribution < 1.29 is 9.53 Å². The zero-order chi connectivity index (χ0) is 14.8. The van der Waals surface area contributed by atoms with Crippen molar-refractivity contribution in [2.45, 2.75) is 33.5 Å². The van der Waals surface area contributed by atoms with Gasteiger partial charge in [0.1, 0.15) is 0 Å². The molecular weight excluding hydrogens is 260 g/mol. The highest BCUT2D eigenvalue weighted by molar-refractivity contribution is 6.09. The summed E-state index contributed by atoms with van der Waals surface area (Å²) in [6.45, 7) is 5.68. The van der Waals surface area contributed by atoms with Gasteiger partial charge in [-0.25, -0.2) is 0 Å². The second-order valence-electron chi connectivity index (χ2n) is 6.10.